The molecule has 0 bridgehead atoms. The first-order valence-electron chi connectivity index (χ1n) is 7.91. The molecule has 1 fully saturated rings. The topological polar surface area (TPSA) is 67.2 Å². The number of hydrogen-bond acceptors (Lipinski definition) is 4. The number of anilines is 1. The van der Waals surface area contributed by atoms with Crippen LogP contribution in [0.4, 0.5) is 5.82 Å². The average Bonchev–Trinajstić information content (AvgIpc) is 2.39. The van der Waals surface area contributed by atoms with Crippen molar-refractivity contribution in [3.05, 3.63) is 22.7 Å². The van der Waals surface area contributed by atoms with Crippen LogP contribution in [0.3, 0.4) is 0 Å². The third-order valence-electron chi connectivity index (χ3n) is 4.13. The van der Waals surface area contributed by atoms with Crippen molar-refractivity contribution in [3.63, 3.8) is 0 Å². The van der Waals surface area contributed by atoms with Crippen LogP contribution >= 0.6 is 0 Å². The van der Waals surface area contributed by atoms with Crippen molar-refractivity contribution in [2.24, 2.45) is 11.8 Å². The van der Waals surface area contributed by atoms with E-state index >= 15 is 0 Å². The van der Waals surface area contributed by atoms with Crippen LogP contribution in [0.5, 0.6) is 0 Å². The van der Waals surface area contributed by atoms with Gasteiger partial charge in [0.2, 0.25) is 0 Å². The summed E-state index contributed by atoms with van der Waals surface area (Å²) in [7, 11) is 0. The van der Waals surface area contributed by atoms with Gasteiger partial charge in [-0.2, -0.15) is 0 Å². The van der Waals surface area contributed by atoms with E-state index in [9.17, 15) is 9.90 Å². The van der Waals surface area contributed by atoms with Crippen molar-refractivity contribution in [2.45, 2.75) is 58.6 Å². The van der Waals surface area contributed by atoms with Crippen LogP contribution in [-0.2, 0) is 6.54 Å². The van der Waals surface area contributed by atoms with E-state index in [0.29, 0.717) is 30.7 Å². The molecule has 2 N–H and O–H groups in total. The summed E-state index contributed by atoms with van der Waals surface area (Å²) in [6, 6.07) is 0. The zero-order valence-electron chi connectivity index (χ0n) is 13.3. The minimum absolute atomic E-state index is 0.112. The van der Waals surface area contributed by atoms with E-state index in [1.807, 2.05) is 0 Å². The van der Waals surface area contributed by atoms with Crippen LogP contribution in [0.2, 0.25) is 0 Å². The predicted molar refractivity (Wildman–Crippen MR) is 84.4 cm³/mol. The molecule has 0 spiro atoms. The minimum Gasteiger partial charge on any atom is -0.388 e. The number of rotatable bonds is 5. The first-order valence-corrected chi connectivity index (χ1v) is 7.91. The third kappa shape index (κ3) is 4.30. The molecular formula is C16H27N3O2. The summed E-state index contributed by atoms with van der Waals surface area (Å²) in [5.41, 5.74) is -0.830. The second kappa shape index (κ2) is 6.60. The summed E-state index contributed by atoms with van der Waals surface area (Å²) in [6.45, 7) is 7.39. The molecule has 1 aliphatic rings. The van der Waals surface area contributed by atoms with Crippen LogP contribution in [0.1, 0.15) is 46.5 Å². The van der Waals surface area contributed by atoms with Gasteiger partial charge < -0.3 is 15.0 Å². The van der Waals surface area contributed by atoms with Crippen molar-refractivity contribution in [2.75, 3.05) is 11.9 Å². The van der Waals surface area contributed by atoms with E-state index in [4.69, 9.17) is 0 Å². The van der Waals surface area contributed by atoms with Gasteiger partial charge in [-0.3, -0.25) is 4.79 Å². The molecule has 0 radical (unpaired) electrons. The summed E-state index contributed by atoms with van der Waals surface area (Å²) in [5, 5.41) is 13.7. The summed E-state index contributed by atoms with van der Waals surface area (Å²) in [4.78, 5) is 16.4. The van der Waals surface area contributed by atoms with E-state index in [1.165, 1.54) is 6.42 Å². The molecule has 2 atom stereocenters. The monoisotopic (exact) mass is 293 g/mol. The van der Waals surface area contributed by atoms with Gasteiger partial charge in [-0.15, -0.1) is 0 Å². The smallest absolute Gasteiger partial charge is 0.293 e. The molecule has 1 saturated carbocycles. The summed E-state index contributed by atoms with van der Waals surface area (Å²) in [6.07, 6.45) is 7.14. The molecule has 1 aromatic rings. The molecule has 0 aliphatic heterocycles. The predicted octanol–water partition coefficient (Wildman–Crippen LogP) is 2.25. The maximum absolute atomic E-state index is 12.3. The van der Waals surface area contributed by atoms with Crippen molar-refractivity contribution in [1.82, 2.24) is 9.55 Å². The van der Waals surface area contributed by atoms with Crippen LogP contribution < -0.4 is 10.9 Å². The lowest BCUT2D eigenvalue weighted by molar-refractivity contribution is -0.000855. The first kappa shape index (κ1) is 16.0. The van der Waals surface area contributed by atoms with Crippen LogP contribution in [0, 0.1) is 11.8 Å². The molecule has 1 heterocycles. The molecule has 5 nitrogen and oxygen atoms in total. The van der Waals surface area contributed by atoms with Gasteiger partial charge in [-0.05, 0) is 24.7 Å². The highest BCUT2D eigenvalue weighted by molar-refractivity contribution is 5.31. The highest BCUT2D eigenvalue weighted by atomic mass is 16.3. The van der Waals surface area contributed by atoms with Gasteiger partial charge in [-0.1, -0.05) is 33.6 Å². The molecule has 21 heavy (non-hydrogen) atoms. The van der Waals surface area contributed by atoms with Crippen LogP contribution in [0.15, 0.2) is 17.2 Å². The fraction of sp³-hybridized carbons (Fsp3) is 0.750. The highest BCUT2D eigenvalue weighted by Crippen LogP contribution is 2.32. The Morgan fingerprint density at radius 1 is 1.57 bits per heavy atom. The molecule has 1 aromatic heterocycles. The molecule has 0 amide bonds. The quantitative estimate of drug-likeness (QED) is 0.874. The number of nitrogens with one attached hydrogen (secondary N) is 1. The van der Waals surface area contributed by atoms with E-state index in [2.05, 4.69) is 31.1 Å². The Bertz CT molecular complexity index is 526. The maximum Gasteiger partial charge on any atom is 0.293 e. The van der Waals surface area contributed by atoms with Gasteiger partial charge >= 0.3 is 0 Å². The van der Waals surface area contributed by atoms with Crippen LogP contribution in [0.25, 0.3) is 0 Å². The van der Waals surface area contributed by atoms with Crippen molar-refractivity contribution >= 4 is 5.82 Å². The van der Waals surface area contributed by atoms with Gasteiger partial charge in [0.05, 0.1) is 5.60 Å². The Morgan fingerprint density at radius 2 is 2.33 bits per heavy atom. The lowest BCUT2D eigenvalue weighted by Crippen LogP contribution is -2.42. The Labute approximate surface area is 126 Å². The molecule has 2 unspecified atom stereocenters. The van der Waals surface area contributed by atoms with E-state index in [1.54, 1.807) is 17.0 Å². The SMILES string of the molecule is CC(C)Cn1ccnc(NCC2(O)CCCC(C)C2)c1=O. The Kier molecular flexibility index (Phi) is 5.04. The third-order valence-corrected chi connectivity index (χ3v) is 4.13. The molecule has 0 saturated heterocycles. The van der Waals surface area contributed by atoms with Gasteiger partial charge in [0.25, 0.3) is 5.56 Å². The molecule has 118 valence electrons. The molecule has 1 aliphatic carbocycles. The van der Waals surface area contributed by atoms with Gasteiger partial charge in [0, 0.05) is 25.5 Å². The first-order chi connectivity index (χ1) is 9.89. The number of aliphatic hydroxyl groups is 1. The zero-order chi connectivity index (χ0) is 15.5. The molecule has 2 rings (SSSR count). The fourth-order valence-electron chi connectivity index (χ4n) is 3.15. The highest BCUT2D eigenvalue weighted by Gasteiger charge is 2.32. The van der Waals surface area contributed by atoms with E-state index < -0.39 is 5.60 Å². The standard InChI is InChI=1S/C16H27N3O2/c1-12(2)10-19-8-7-17-14(15(19)20)18-11-16(21)6-4-5-13(3)9-16/h7-8,12-13,21H,4-6,9-11H2,1-3H3,(H,17,18). The van der Waals surface area contributed by atoms with Gasteiger partial charge in [0.1, 0.15) is 0 Å². The number of hydrogen-bond donors (Lipinski definition) is 2. The fourth-order valence-corrected chi connectivity index (χ4v) is 3.15. The second-order valence-corrected chi connectivity index (χ2v) is 6.91. The number of nitrogens with zero attached hydrogens (tertiary/aromatic N) is 2. The lowest BCUT2D eigenvalue weighted by atomic mass is 9.79. The summed E-state index contributed by atoms with van der Waals surface area (Å²) >= 11 is 0. The van der Waals surface area contributed by atoms with Crippen LogP contribution in [-0.4, -0.2) is 26.8 Å². The lowest BCUT2D eigenvalue weighted by Gasteiger charge is -2.35. The second-order valence-electron chi connectivity index (χ2n) is 6.91. The van der Waals surface area contributed by atoms with Crippen molar-refractivity contribution in [1.29, 1.82) is 0 Å². The van der Waals surface area contributed by atoms with E-state index in [-0.39, 0.29) is 5.56 Å². The minimum atomic E-state index is -0.718. The largest absolute Gasteiger partial charge is 0.388 e. The Morgan fingerprint density at radius 3 is 3.00 bits per heavy atom. The summed E-state index contributed by atoms with van der Waals surface area (Å²) < 4.78 is 1.67. The van der Waals surface area contributed by atoms with Gasteiger partial charge in [0.15, 0.2) is 5.82 Å². The Hall–Kier alpha value is -1.36. The normalized spacial score (nSPS) is 26.0. The van der Waals surface area contributed by atoms with Crippen molar-refractivity contribution in [3.8, 4) is 0 Å². The Balaban J connectivity index is 2.05. The number of aromatic nitrogens is 2. The average molecular weight is 293 g/mol. The van der Waals surface area contributed by atoms with E-state index in [0.717, 1.165) is 19.3 Å². The molecular weight excluding hydrogens is 266 g/mol. The van der Waals surface area contributed by atoms with Gasteiger partial charge in [-0.25, -0.2) is 4.98 Å². The summed E-state index contributed by atoms with van der Waals surface area (Å²) in [5.74, 6) is 1.28. The zero-order valence-corrected chi connectivity index (χ0v) is 13.3. The molecule has 5 heteroatoms. The van der Waals surface area contributed by atoms with Crippen molar-refractivity contribution < 1.29 is 5.11 Å². The maximum atomic E-state index is 12.3. The molecule has 0 aromatic carbocycles.